The van der Waals surface area contributed by atoms with Gasteiger partial charge in [-0.2, -0.15) is 0 Å². The van der Waals surface area contributed by atoms with E-state index in [1.54, 1.807) is 0 Å². The average molecular weight is 268 g/mol. The molecule has 1 N–H and O–H groups in total. The van der Waals surface area contributed by atoms with Crippen molar-refractivity contribution in [2.75, 3.05) is 0 Å². The molecule has 4 unspecified atom stereocenters. The zero-order valence-corrected chi connectivity index (χ0v) is 13.1. The number of nitrogens with one attached hydrogen (secondary N) is 1. The Kier molecular flexibility index (Phi) is 4.99. The van der Waals surface area contributed by atoms with Crippen LogP contribution >= 0.6 is 0 Å². The molecule has 19 heavy (non-hydrogen) atoms. The molecule has 4 nitrogen and oxygen atoms in total. The summed E-state index contributed by atoms with van der Waals surface area (Å²) in [5, 5.41) is 2.94. The van der Waals surface area contributed by atoms with Gasteiger partial charge in [0.2, 0.25) is 11.8 Å². The molecule has 0 aromatic rings. The van der Waals surface area contributed by atoms with Crippen molar-refractivity contribution in [3.63, 3.8) is 0 Å². The lowest BCUT2D eigenvalue weighted by atomic mass is 9.85. The van der Waals surface area contributed by atoms with Gasteiger partial charge in [-0.1, -0.05) is 34.1 Å². The van der Waals surface area contributed by atoms with Crippen LogP contribution in [0.1, 0.15) is 60.8 Å². The maximum absolute atomic E-state index is 12.8. The number of hydrogen-bond donors (Lipinski definition) is 1. The summed E-state index contributed by atoms with van der Waals surface area (Å²) in [6, 6.07) is -0.277. The Morgan fingerprint density at radius 2 is 1.79 bits per heavy atom. The molecule has 110 valence electrons. The Hall–Kier alpha value is -1.06. The van der Waals surface area contributed by atoms with Gasteiger partial charge >= 0.3 is 0 Å². The van der Waals surface area contributed by atoms with Crippen LogP contribution < -0.4 is 5.32 Å². The molecular formula is C15H28N2O2. The Morgan fingerprint density at radius 1 is 1.21 bits per heavy atom. The van der Waals surface area contributed by atoms with E-state index in [1.807, 2.05) is 39.5 Å². The average Bonchev–Trinajstić information content (AvgIpc) is 2.41. The van der Waals surface area contributed by atoms with Crippen LogP contribution in [-0.4, -0.2) is 34.3 Å². The van der Waals surface area contributed by atoms with E-state index in [2.05, 4.69) is 12.2 Å². The first-order valence-electron chi connectivity index (χ1n) is 7.47. The third-order valence-electron chi connectivity index (χ3n) is 4.74. The number of rotatable bonds is 5. The van der Waals surface area contributed by atoms with E-state index >= 15 is 0 Å². The largest absolute Gasteiger partial charge is 0.342 e. The van der Waals surface area contributed by atoms with Crippen LogP contribution in [0.2, 0.25) is 0 Å². The van der Waals surface area contributed by atoms with Crippen molar-refractivity contribution in [1.29, 1.82) is 0 Å². The Bertz CT molecular complexity index is 356. The molecular weight excluding hydrogens is 240 g/mol. The molecule has 1 rings (SSSR count). The van der Waals surface area contributed by atoms with Gasteiger partial charge in [0.1, 0.15) is 11.6 Å². The van der Waals surface area contributed by atoms with Crippen LogP contribution in [0, 0.1) is 5.92 Å². The highest BCUT2D eigenvalue weighted by atomic mass is 16.2. The fourth-order valence-electron chi connectivity index (χ4n) is 2.70. The molecule has 1 saturated heterocycles. The van der Waals surface area contributed by atoms with Crippen LogP contribution in [0.25, 0.3) is 0 Å². The van der Waals surface area contributed by atoms with Crippen molar-refractivity contribution in [3.8, 4) is 0 Å². The van der Waals surface area contributed by atoms with E-state index in [0.717, 1.165) is 12.8 Å². The molecule has 0 aromatic heterocycles. The van der Waals surface area contributed by atoms with E-state index < -0.39 is 5.54 Å². The molecule has 0 aliphatic carbocycles. The fraction of sp³-hybridized carbons (Fsp3) is 0.867. The molecule has 0 saturated carbocycles. The highest BCUT2D eigenvalue weighted by molar-refractivity contribution is 5.99. The van der Waals surface area contributed by atoms with Crippen molar-refractivity contribution >= 4 is 11.8 Å². The second-order valence-electron chi connectivity index (χ2n) is 5.93. The summed E-state index contributed by atoms with van der Waals surface area (Å²) in [6.45, 7) is 12.0. The minimum absolute atomic E-state index is 0.0137. The van der Waals surface area contributed by atoms with Gasteiger partial charge in [-0.05, 0) is 32.6 Å². The first kappa shape index (κ1) is 16.0. The second-order valence-corrected chi connectivity index (χ2v) is 5.93. The SMILES string of the molecule is CCC(C)C1NC(=O)C(C)(CC)N(C(C)CC)C1=O. The summed E-state index contributed by atoms with van der Waals surface area (Å²) in [5.74, 6) is 0.234. The molecule has 4 heteroatoms. The first-order valence-corrected chi connectivity index (χ1v) is 7.47. The standard InChI is InChI=1S/C15H28N2O2/c1-7-10(4)12-13(18)17(11(5)8-2)15(6,9-3)14(19)16-12/h10-12H,7-9H2,1-6H3,(H,16,19). The van der Waals surface area contributed by atoms with Crippen LogP contribution in [0.4, 0.5) is 0 Å². The second kappa shape index (κ2) is 5.93. The van der Waals surface area contributed by atoms with Crippen LogP contribution in [0.15, 0.2) is 0 Å². The molecule has 1 aliphatic rings. The number of hydrogen-bond acceptors (Lipinski definition) is 2. The third-order valence-corrected chi connectivity index (χ3v) is 4.74. The summed E-state index contributed by atoms with van der Waals surface area (Å²) in [5.41, 5.74) is -0.712. The molecule has 4 atom stereocenters. The lowest BCUT2D eigenvalue weighted by Gasteiger charge is -2.49. The predicted octanol–water partition coefficient (Wildman–Crippen LogP) is 2.33. The van der Waals surface area contributed by atoms with Gasteiger partial charge in [0.25, 0.3) is 0 Å². The fourth-order valence-corrected chi connectivity index (χ4v) is 2.70. The van der Waals surface area contributed by atoms with Gasteiger partial charge in [0.05, 0.1) is 0 Å². The Labute approximate surface area is 116 Å². The summed E-state index contributed by atoms with van der Waals surface area (Å²) >= 11 is 0. The van der Waals surface area contributed by atoms with E-state index in [4.69, 9.17) is 0 Å². The number of piperazine rings is 1. The van der Waals surface area contributed by atoms with Crippen molar-refractivity contribution in [2.24, 2.45) is 5.92 Å². The molecule has 1 heterocycles. The first-order chi connectivity index (χ1) is 8.83. The topological polar surface area (TPSA) is 49.4 Å². The zero-order chi connectivity index (χ0) is 14.8. The van der Waals surface area contributed by atoms with Crippen molar-refractivity contribution < 1.29 is 9.59 Å². The Balaban J connectivity index is 3.16. The number of carbonyl (C=O) groups excluding carboxylic acids is 2. The van der Waals surface area contributed by atoms with Gasteiger partial charge in [-0.15, -0.1) is 0 Å². The normalized spacial score (nSPS) is 31.1. The molecule has 1 fully saturated rings. The van der Waals surface area contributed by atoms with E-state index in [1.165, 1.54) is 0 Å². The molecule has 2 amide bonds. The molecule has 0 spiro atoms. The quantitative estimate of drug-likeness (QED) is 0.832. The minimum atomic E-state index is -0.712. The van der Waals surface area contributed by atoms with E-state index in [0.29, 0.717) is 6.42 Å². The monoisotopic (exact) mass is 268 g/mol. The third kappa shape index (κ3) is 2.63. The minimum Gasteiger partial charge on any atom is -0.342 e. The van der Waals surface area contributed by atoms with E-state index in [-0.39, 0.29) is 29.8 Å². The van der Waals surface area contributed by atoms with E-state index in [9.17, 15) is 9.59 Å². The predicted molar refractivity (Wildman–Crippen MR) is 76.7 cm³/mol. The van der Waals surface area contributed by atoms with Gasteiger partial charge in [0.15, 0.2) is 0 Å². The smallest absolute Gasteiger partial charge is 0.246 e. The van der Waals surface area contributed by atoms with Crippen LogP contribution in [0.5, 0.6) is 0 Å². The number of nitrogens with zero attached hydrogens (tertiary/aromatic N) is 1. The lowest BCUT2D eigenvalue weighted by molar-refractivity contribution is -0.161. The Morgan fingerprint density at radius 3 is 2.21 bits per heavy atom. The number of amides is 2. The van der Waals surface area contributed by atoms with Gasteiger partial charge < -0.3 is 10.2 Å². The summed E-state index contributed by atoms with van der Waals surface area (Å²) < 4.78 is 0. The highest BCUT2D eigenvalue weighted by Gasteiger charge is 2.50. The maximum atomic E-state index is 12.8. The summed E-state index contributed by atoms with van der Waals surface area (Å²) in [4.78, 5) is 27.0. The van der Waals surface area contributed by atoms with Crippen molar-refractivity contribution in [2.45, 2.75) is 78.4 Å². The summed E-state index contributed by atoms with van der Waals surface area (Å²) in [7, 11) is 0. The van der Waals surface area contributed by atoms with Crippen molar-refractivity contribution in [3.05, 3.63) is 0 Å². The van der Waals surface area contributed by atoms with Gasteiger partial charge in [-0.25, -0.2) is 0 Å². The molecule has 0 bridgehead atoms. The zero-order valence-electron chi connectivity index (χ0n) is 13.1. The lowest BCUT2D eigenvalue weighted by Crippen LogP contribution is -2.72. The van der Waals surface area contributed by atoms with Crippen LogP contribution in [0.3, 0.4) is 0 Å². The summed E-state index contributed by atoms with van der Waals surface area (Å²) in [6.07, 6.45) is 2.39. The molecule has 1 aliphatic heterocycles. The number of carbonyl (C=O) groups is 2. The van der Waals surface area contributed by atoms with Crippen molar-refractivity contribution in [1.82, 2.24) is 10.2 Å². The molecule has 0 aromatic carbocycles. The van der Waals surface area contributed by atoms with Crippen LogP contribution in [-0.2, 0) is 9.59 Å². The maximum Gasteiger partial charge on any atom is 0.246 e. The van der Waals surface area contributed by atoms with Gasteiger partial charge in [-0.3, -0.25) is 9.59 Å². The highest BCUT2D eigenvalue weighted by Crippen LogP contribution is 2.30. The molecule has 0 radical (unpaired) electrons. The van der Waals surface area contributed by atoms with Gasteiger partial charge in [0, 0.05) is 6.04 Å².